The van der Waals surface area contributed by atoms with Gasteiger partial charge in [0.05, 0.1) is 5.41 Å². The van der Waals surface area contributed by atoms with Gasteiger partial charge < -0.3 is 4.98 Å². The molecule has 1 aromatic carbocycles. The Morgan fingerprint density at radius 1 is 1.04 bits per heavy atom. The standard InChI is InChI=1S/C19H20N2O3/c1-12-13-7-3-4-8-14(13)20-17(23)16(12)21-15(22)11-19(18(21)24)9-5-2-6-10-19/h3-4,7-8H,2,5-6,9-11H2,1H3,(H,20,23). The first-order chi connectivity index (χ1) is 11.5. The SMILES string of the molecule is Cc1c(N2C(=O)CC3(CCCCC3)C2=O)c(=O)[nH]c2ccccc12. The van der Waals surface area contributed by atoms with Crippen LogP contribution in [-0.2, 0) is 9.59 Å². The Morgan fingerprint density at radius 2 is 1.75 bits per heavy atom. The third-order valence-electron chi connectivity index (χ3n) is 5.58. The van der Waals surface area contributed by atoms with Crippen molar-refractivity contribution in [3.05, 3.63) is 40.2 Å². The number of benzene rings is 1. The Bertz CT molecular complexity index is 906. The molecular formula is C19H20N2O3. The summed E-state index contributed by atoms with van der Waals surface area (Å²) in [5, 5.41) is 0.859. The van der Waals surface area contributed by atoms with E-state index < -0.39 is 5.41 Å². The van der Waals surface area contributed by atoms with Crippen LogP contribution in [-0.4, -0.2) is 16.8 Å². The van der Waals surface area contributed by atoms with E-state index in [-0.39, 0.29) is 29.5 Å². The average Bonchev–Trinajstić information content (AvgIpc) is 2.80. The monoisotopic (exact) mass is 324 g/mol. The predicted octanol–water partition coefficient (Wildman–Crippen LogP) is 3.05. The summed E-state index contributed by atoms with van der Waals surface area (Å²) in [6.45, 7) is 1.80. The Balaban J connectivity index is 1.87. The Labute approximate surface area is 139 Å². The van der Waals surface area contributed by atoms with Crippen LogP contribution in [0.2, 0.25) is 0 Å². The Morgan fingerprint density at radius 3 is 2.50 bits per heavy atom. The summed E-state index contributed by atoms with van der Waals surface area (Å²) in [5.41, 5.74) is 0.644. The summed E-state index contributed by atoms with van der Waals surface area (Å²) < 4.78 is 0. The Kier molecular flexibility index (Phi) is 3.34. The first-order valence-corrected chi connectivity index (χ1v) is 8.52. The van der Waals surface area contributed by atoms with Crippen LogP contribution in [0.3, 0.4) is 0 Å². The van der Waals surface area contributed by atoms with Crippen LogP contribution in [0.1, 0.15) is 44.1 Å². The summed E-state index contributed by atoms with van der Waals surface area (Å²) in [6.07, 6.45) is 4.79. The molecule has 24 heavy (non-hydrogen) atoms. The molecule has 2 fully saturated rings. The van der Waals surface area contributed by atoms with E-state index in [1.54, 1.807) is 6.92 Å². The van der Waals surface area contributed by atoms with Crippen molar-refractivity contribution in [1.29, 1.82) is 0 Å². The number of hydrogen-bond donors (Lipinski definition) is 1. The van der Waals surface area contributed by atoms with E-state index in [0.29, 0.717) is 5.56 Å². The molecule has 1 spiro atoms. The third kappa shape index (κ3) is 2.04. The van der Waals surface area contributed by atoms with Crippen LogP contribution in [0.5, 0.6) is 0 Å². The molecule has 2 aromatic rings. The zero-order chi connectivity index (χ0) is 16.9. The van der Waals surface area contributed by atoms with Gasteiger partial charge in [0.1, 0.15) is 5.69 Å². The lowest BCUT2D eigenvalue weighted by Gasteiger charge is -2.30. The van der Waals surface area contributed by atoms with E-state index in [1.807, 2.05) is 24.3 Å². The zero-order valence-corrected chi connectivity index (χ0v) is 13.7. The van der Waals surface area contributed by atoms with E-state index in [9.17, 15) is 14.4 Å². The lowest BCUT2D eigenvalue weighted by molar-refractivity contribution is -0.127. The van der Waals surface area contributed by atoms with E-state index in [2.05, 4.69) is 4.98 Å². The number of anilines is 1. The summed E-state index contributed by atoms with van der Waals surface area (Å²) >= 11 is 0. The number of hydrogen-bond acceptors (Lipinski definition) is 3. The van der Waals surface area contributed by atoms with Gasteiger partial charge >= 0.3 is 0 Å². The van der Waals surface area contributed by atoms with Crippen LogP contribution in [0, 0.1) is 12.3 Å². The fourth-order valence-corrected chi connectivity index (χ4v) is 4.31. The van der Waals surface area contributed by atoms with Gasteiger partial charge in [0, 0.05) is 17.3 Å². The number of aromatic nitrogens is 1. The summed E-state index contributed by atoms with van der Waals surface area (Å²) in [5.74, 6) is -0.429. The smallest absolute Gasteiger partial charge is 0.273 e. The number of nitrogens with zero attached hydrogens (tertiary/aromatic N) is 1. The van der Waals surface area contributed by atoms with Gasteiger partial charge in [-0.15, -0.1) is 0 Å². The van der Waals surface area contributed by atoms with Gasteiger partial charge in [-0.3, -0.25) is 14.4 Å². The lowest BCUT2D eigenvalue weighted by Crippen LogP contribution is -2.40. The number of rotatable bonds is 1. The number of nitrogens with one attached hydrogen (secondary N) is 1. The minimum atomic E-state index is -0.583. The highest BCUT2D eigenvalue weighted by Gasteiger charge is 2.52. The fourth-order valence-electron chi connectivity index (χ4n) is 4.31. The third-order valence-corrected chi connectivity index (χ3v) is 5.58. The molecule has 5 heteroatoms. The van der Waals surface area contributed by atoms with Crippen molar-refractivity contribution in [2.75, 3.05) is 4.90 Å². The number of amides is 2. The summed E-state index contributed by atoms with van der Waals surface area (Å²) in [7, 11) is 0. The maximum atomic E-state index is 13.1. The zero-order valence-electron chi connectivity index (χ0n) is 13.7. The van der Waals surface area contributed by atoms with Gasteiger partial charge in [0.25, 0.3) is 5.56 Å². The first-order valence-electron chi connectivity index (χ1n) is 8.52. The molecule has 1 saturated carbocycles. The molecule has 124 valence electrons. The quantitative estimate of drug-likeness (QED) is 0.820. The second-order valence-corrected chi connectivity index (χ2v) is 7.03. The number of aromatic amines is 1. The topological polar surface area (TPSA) is 70.2 Å². The van der Waals surface area contributed by atoms with E-state index in [4.69, 9.17) is 0 Å². The molecule has 2 aliphatic rings. The number of aryl methyl sites for hydroxylation is 1. The molecule has 2 amide bonds. The number of carbonyl (C=O) groups is 2. The van der Waals surface area contributed by atoms with Crippen molar-refractivity contribution in [1.82, 2.24) is 4.98 Å². The number of fused-ring (bicyclic) bond motifs is 1. The van der Waals surface area contributed by atoms with Gasteiger partial charge in [-0.1, -0.05) is 37.5 Å². The van der Waals surface area contributed by atoms with Gasteiger partial charge in [0.15, 0.2) is 0 Å². The van der Waals surface area contributed by atoms with Crippen molar-refractivity contribution in [2.24, 2.45) is 5.41 Å². The largest absolute Gasteiger partial charge is 0.320 e. The van der Waals surface area contributed by atoms with Crippen molar-refractivity contribution in [3.8, 4) is 0 Å². The van der Waals surface area contributed by atoms with E-state index >= 15 is 0 Å². The minimum absolute atomic E-state index is 0.184. The van der Waals surface area contributed by atoms with Gasteiger partial charge in [-0.2, -0.15) is 0 Å². The van der Waals surface area contributed by atoms with Gasteiger partial charge in [-0.25, -0.2) is 4.90 Å². The highest BCUT2D eigenvalue weighted by molar-refractivity contribution is 6.23. The number of para-hydroxylation sites is 1. The molecule has 4 rings (SSSR count). The number of pyridine rings is 1. The Hall–Kier alpha value is -2.43. The molecule has 1 N–H and O–H groups in total. The fraction of sp³-hybridized carbons (Fsp3) is 0.421. The first kappa shape index (κ1) is 15.1. The van der Waals surface area contributed by atoms with Crippen molar-refractivity contribution in [3.63, 3.8) is 0 Å². The number of H-pyrrole nitrogens is 1. The van der Waals surface area contributed by atoms with Gasteiger partial charge in [0.2, 0.25) is 11.8 Å². The lowest BCUT2D eigenvalue weighted by atomic mass is 9.73. The predicted molar refractivity (Wildman–Crippen MR) is 91.9 cm³/mol. The maximum Gasteiger partial charge on any atom is 0.273 e. The van der Waals surface area contributed by atoms with E-state index in [1.165, 1.54) is 0 Å². The second kappa shape index (κ2) is 5.30. The molecular weight excluding hydrogens is 304 g/mol. The molecule has 0 bridgehead atoms. The van der Waals surface area contributed by atoms with Crippen LogP contribution >= 0.6 is 0 Å². The molecule has 0 unspecified atom stereocenters. The summed E-state index contributed by atoms with van der Waals surface area (Å²) in [6, 6.07) is 7.45. The van der Waals surface area contributed by atoms with Crippen LogP contribution in [0.4, 0.5) is 5.69 Å². The highest BCUT2D eigenvalue weighted by Crippen LogP contribution is 2.46. The van der Waals surface area contributed by atoms with Gasteiger partial charge in [-0.05, 0) is 31.4 Å². The number of imide groups is 1. The van der Waals surface area contributed by atoms with E-state index in [0.717, 1.165) is 47.9 Å². The maximum absolute atomic E-state index is 13.1. The molecule has 1 aromatic heterocycles. The van der Waals surface area contributed by atoms with Crippen LogP contribution in [0.25, 0.3) is 10.9 Å². The minimum Gasteiger partial charge on any atom is -0.320 e. The van der Waals surface area contributed by atoms with Crippen molar-refractivity contribution < 1.29 is 9.59 Å². The number of carbonyl (C=O) groups excluding carboxylic acids is 2. The van der Waals surface area contributed by atoms with Crippen molar-refractivity contribution in [2.45, 2.75) is 45.4 Å². The molecule has 0 radical (unpaired) electrons. The molecule has 2 heterocycles. The molecule has 0 atom stereocenters. The normalized spacial score (nSPS) is 20.3. The second-order valence-electron chi connectivity index (χ2n) is 7.03. The molecule has 5 nitrogen and oxygen atoms in total. The highest BCUT2D eigenvalue weighted by atomic mass is 16.2. The molecule has 1 aliphatic heterocycles. The average molecular weight is 324 g/mol. The van der Waals surface area contributed by atoms with Crippen LogP contribution in [0.15, 0.2) is 29.1 Å². The molecule has 1 aliphatic carbocycles. The van der Waals surface area contributed by atoms with Crippen LogP contribution < -0.4 is 10.5 Å². The molecule has 1 saturated heterocycles. The summed E-state index contributed by atoms with van der Waals surface area (Å²) in [4.78, 5) is 42.3. The van der Waals surface area contributed by atoms with Crippen molar-refractivity contribution >= 4 is 28.4 Å².